The van der Waals surface area contributed by atoms with Gasteiger partial charge >= 0.3 is 6.03 Å². The molecule has 23 heavy (non-hydrogen) atoms. The summed E-state index contributed by atoms with van der Waals surface area (Å²) >= 11 is 0. The van der Waals surface area contributed by atoms with Crippen LogP contribution in [0.5, 0.6) is 0 Å². The predicted molar refractivity (Wildman–Crippen MR) is 79.7 cm³/mol. The molecular weight excluding hydrogens is 301 g/mol. The first-order chi connectivity index (χ1) is 11.0. The summed E-state index contributed by atoms with van der Waals surface area (Å²) in [6, 6.07) is 4.43. The van der Waals surface area contributed by atoms with Crippen LogP contribution in [0.25, 0.3) is 0 Å². The van der Waals surface area contributed by atoms with Crippen LogP contribution in [0.3, 0.4) is 0 Å². The Hall–Kier alpha value is -2.44. The minimum absolute atomic E-state index is 0.0781. The van der Waals surface area contributed by atoms with Crippen molar-refractivity contribution >= 4 is 17.8 Å². The minimum Gasteiger partial charge on any atom is -0.334 e. The molecule has 2 heterocycles. The Morgan fingerprint density at radius 2 is 2.13 bits per heavy atom. The average molecular weight is 319 g/mol. The topological polar surface area (TPSA) is 78.5 Å². The van der Waals surface area contributed by atoms with E-state index in [1.165, 1.54) is 12.1 Å². The number of hydrogen-bond acceptors (Lipinski definition) is 3. The fourth-order valence-corrected chi connectivity index (χ4v) is 3.35. The van der Waals surface area contributed by atoms with Crippen LogP contribution < -0.4 is 10.6 Å². The van der Waals surface area contributed by atoms with Gasteiger partial charge in [-0.15, -0.1) is 0 Å². The van der Waals surface area contributed by atoms with E-state index < -0.39 is 18.0 Å². The third-order valence-corrected chi connectivity index (χ3v) is 4.42. The van der Waals surface area contributed by atoms with E-state index in [1.807, 2.05) is 6.92 Å². The lowest BCUT2D eigenvalue weighted by atomic mass is 9.95. The molecule has 3 rings (SSSR count). The monoisotopic (exact) mass is 319 g/mol. The van der Waals surface area contributed by atoms with Gasteiger partial charge < -0.3 is 10.2 Å². The number of nitrogens with one attached hydrogen (secondary N) is 2. The second-order valence-electron chi connectivity index (χ2n) is 6.08. The Labute approximate surface area is 133 Å². The quantitative estimate of drug-likeness (QED) is 0.863. The SMILES string of the molecule is CC1CCN(C(=O)[C@@H]2CC(=O)NC(=O)N2)C1c1cccc(F)c1. The number of carbonyl (C=O) groups excluding carboxylic acids is 3. The Morgan fingerprint density at radius 3 is 2.83 bits per heavy atom. The number of amides is 4. The number of urea groups is 1. The molecule has 0 radical (unpaired) electrons. The third kappa shape index (κ3) is 3.04. The van der Waals surface area contributed by atoms with Crippen molar-refractivity contribution in [2.75, 3.05) is 6.54 Å². The Balaban J connectivity index is 1.84. The predicted octanol–water partition coefficient (Wildman–Crippen LogP) is 1.33. The molecule has 1 aromatic rings. The van der Waals surface area contributed by atoms with Crippen LogP contribution in [0, 0.1) is 11.7 Å². The first-order valence-electron chi connectivity index (χ1n) is 7.62. The molecule has 7 heteroatoms. The molecule has 3 atom stereocenters. The lowest BCUT2D eigenvalue weighted by Crippen LogP contribution is -2.58. The molecular formula is C16H18FN3O3. The second-order valence-corrected chi connectivity index (χ2v) is 6.08. The zero-order chi connectivity index (χ0) is 16.6. The van der Waals surface area contributed by atoms with Crippen LogP contribution in [0.2, 0.25) is 0 Å². The Morgan fingerprint density at radius 1 is 1.35 bits per heavy atom. The van der Waals surface area contributed by atoms with Crippen LogP contribution in [-0.4, -0.2) is 35.3 Å². The van der Waals surface area contributed by atoms with E-state index in [4.69, 9.17) is 0 Å². The van der Waals surface area contributed by atoms with Gasteiger partial charge in [0, 0.05) is 6.54 Å². The zero-order valence-corrected chi connectivity index (χ0v) is 12.7. The maximum atomic E-state index is 13.5. The number of carbonyl (C=O) groups is 3. The fraction of sp³-hybridized carbons (Fsp3) is 0.438. The van der Waals surface area contributed by atoms with Gasteiger partial charge in [-0.25, -0.2) is 9.18 Å². The first kappa shape index (κ1) is 15.5. The number of benzene rings is 1. The number of nitrogens with zero attached hydrogens (tertiary/aromatic N) is 1. The lowest BCUT2D eigenvalue weighted by molar-refractivity contribution is -0.137. The molecule has 4 amide bonds. The molecule has 2 N–H and O–H groups in total. The maximum Gasteiger partial charge on any atom is 0.322 e. The van der Waals surface area contributed by atoms with Crippen molar-refractivity contribution in [1.29, 1.82) is 0 Å². The molecule has 0 spiro atoms. The van der Waals surface area contributed by atoms with Crippen molar-refractivity contribution in [3.63, 3.8) is 0 Å². The molecule has 2 aliphatic rings. The summed E-state index contributed by atoms with van der Waals surface area (Å²) in [6.07, 6.45) is 0.713. The molecule has 0 bridgehead atoms. The average Bonchev–Trinajstić information content (AvgIpc) is 2.87. The van der Waals surface area contributed by atoms with Gasteiger partial charge in [-0.2, -0.15) is 0 Å². The first-order valence-corrected chi connectivity index (χ1v) is 7.62. The Kier molecular flexibility index (Phi) is 4.02. The van der Waals surface area contributed by atoms with Gasteiger partial charge in [0.25, 0.3) is 0 Å². The highest BCUT2D eigenvalue weighted by molar-refractivity contribution is 6.02. The molecule has 1 aromatic carbocycles. The second kappa shape index (κ2) is 5.98. The highest BCUT2D eigenvalue weighted by Crippen LogP contribution is 2.37. The van der Waals surface area contributed by atoms with E-state index in [1.54, 1.807) is 17.0 Å². The summed E-state index contributed by atoms with van der Waals surface area (Å²) in [4.78, 5) is 37.3. The molecule has 122 valence electrons. The van der Waals surface area contributed by atoms with Gasteiger partial charge in [0.15, 0.2) is 0 Å². The summed E-state index contributed by atoms with van der Waals surface area (Å²) in [5.41, 5.74) is 0.731. The van der Waals surface area contributed by atoms with E-state index in [-0.39, 0.29) is 30.1 Å². The number of hydrogen-bond donors (Lipinski definition) is 2. The van der Waals surface area contributed by atoms with Crippen LogP contribution >= 0.6 is 0 Å². The smallest absolute Gasteiger partial charge is 0.322 e. The highest BCUT2D eigenvalue weighted by atomic mass is 19.1. The van der Waals surface area contributed by atoms with E-state index in [2.05, 4.69) is 10.6 Å². The summed E-state index contributed by atoms with van der Waals surface area (Å²) in [5.74, 6) is -0.943. The van der Waals surface area contributed by atoms with Gasteiger partial charge in [-0.1, -0.05) is 19.1 Å². The molecule has 2 saturated heterocycles. The van der Waals surface area contributed by atoms with E-state index in [0.29, 0.717) is 6.54 Å². The van der Waals surface area contributed by atoms with Crippen molar-refractivity contribution in [2.24, 2.45) is 5.92 Å². The van der Waals surface area contributed by atoms with Gasteiger partial charge in [-0.05, 0) is 30.0 Å². The maximum absolute atomic E-state index is 13.5. The Bertz CT molecular complexity index is 648. The number of halogens is 1. The lowest BCUT2D eigenvalue weighted by Gasteiger charge is -2.32. The largest absolute Gasteiger partial charge is 0.334 e. The number of imide groups is 1. The van der Waals surface area contributed by atoms with Crippen molar-refractivity contribution < 1.29 is 18.8 Å². The zero-order valence-electron chi connectivity index (χ0n) is 12.7. The molecule has 0 aliphatic carbocycles. The third-order valence-electron chi connectivity index (χ3n) is 4.42. The van der Waals surface area contributed by atoms with Crippen molar-refractivity contribution in [3.8, 4) is 0 Å². The molecule has 0 aromatic heterocycles. The van der Waals surface area contributed by atoms with E-state index in [9.17, 15) is 18.8 Å². The fourth-order valence-electron chi connectivity index (χ4n) is 3.35. The van der Waals surface area contributed by atoms with Gasteiger partial charge in [0.1, 0.15) is 11.9 Å². The van der Waals surface area contributed by atoms with Crippen LogP contribution in [0.15, 0.2) is 24.3 Å². The standard InChI is InChI=1S/C16H18FN3O3/c1-9-5-6-20(14(9)10-3-2-4-11(17)7-10)15(22)12-8-13(21)19-16(23)18-12/h2-4,7,9,12,14H,5-6,8H2,1H3,(H2,18,19,21,23)/t9?,12-,14?/m0/s1. The van der Waals surface area contributed by atoms with Crippen molar-refractivity contribution in [1.82, 2.24) is 15.5 Å². The summed E-state index contributed by atoms with van der Waals surface area (Å²) in [7, 11) is 0. The highest BCUT2D eigenvalue weighted by Gasteiger charge is 2.40. The van der Waals surface area contributed by atoms with Crippen molar-refractivity contribution in [3.05, 3.63) is 35.6 Å². The molecule has 6 nitrogen and oxygen atoms in total. The van der Waals surface area contributed by atoms with Gasteiger partial charge in [-0.3, -0.25) is 14.9 Å². The van der Waals surface area contributed by atoms with Crippen molar-refractivity contribution in [2.45, 2.75) is 31.8 Å². The number of rotatable bonds is 2. The van der Waals surface area contributed by atoms with E-state index >= 15 is 0 Å². The number of likely N-dealkylation sites (tertiary alicyclic amines) is 1. The molecule has 2 aliphatic heterocycles. The van der Waals surface area contributed by atoms with Crippen LogP contribution in [0.1, 0.15) is 31.4 Å². The summed E-state index contributed by atoms with van der Waals surface area (Å²) < 4.78 is 13.5. The van der Waals surface area contributed by atoms with Crippen LogP contribution in [-0.2, 0) is 9.59 Å². The minimum atomic E-state index is -0.863. The van der Waals surface area contributed by atoms with Crippen LogP contribution in [0.4, 0.5) is 9.18 Å². The normalized spacial score (nSPS) is 27.6. The summed E-state index contributed by atoms with van der Waals surface area (Å²) in [6.45, 7) is 2.53. The van der Waals surface area contributed by atoms with Gasteiger partial charge in [0.2, 0.25) is 11.8 Å². The molecule has 2 unspecified atom stereocenters. The van der Waals surface area contributed by atoms with Gasteiger partial charge in [0.05, 0.1) is 12.5 Å². The molecule has 2 fully saturated rings. The molecule has 0 saturated carbocycles. The summed E-state index contributed by atoms with van der Waals surface area (Å²) in [5, 5.41) is 4.59. The van der Waals surface area contributed by atoms with E-state index in [0.717, 1.165) is 12.0 Å².